The predicted molar refractivity (Wildman–Crippen MR) is 65.1 cm³/mol. The van der Waals surface area contributed by atoms with E-state index in [1.54, 1.807) is 0 Å². The summed E-state index contributed by atoms with van der Waals surface area (Å²) in [6.07, 6.45) is 2.75. The molecule has 0 aliphatic carbocycles. The van der Waals surface area contributed by atoms with Gasteiger partial charge in [0.15, 0.2) is 0 Å². The maximum absolute atomic E-state index is 11.7. The fraction of sp³-hybridized carbons (Fsp3) is 0.545. The molecule has 1 aromatic rings. The molecular formula is C11H16ClN3O2. The fourth-order valence-electron chi connectivity index (χ4n) is 1.28. The minimum absolute atomic E-state index is 0.196. The minimum Gasteiger partial charge on any atom is -0.374 e. The molecule has 0 aromatic carbocycles. The first-order valence-corrected chi connectivity index (χ1v) is 5.72. The first-order chi connectivity index (χ1) is 7.94. The van der Waals surface area contributed by atoms with Crippen LogP contribution in [0.3, 0.4) is 0 Å². The molecule has 0 atom stereocenters. The van der Waals surface area contributed by atoms with Gasteiger partial charge in [0.05, 0.1) is 18.0 Å². The van der Waals surface area contributed by atoms with Crippen LogP contribution in [-0.4, -0.2) is 34.6 Å². The number of amides is 1. The number of hydrogen-bond acceptors (Lipinski definition) is 4. The summed E-state index contributed by atoms with van der Waals surface area (Å²) in [6, 6.07) is 0. The first kappa shape index (κ1) is 13.9. The Balaban J connectivity index is 2.56. The van der Waals surface area contributed by atoms with E-state index in [2.05, 4.69) is 15.3 Å². The number of ether oxygens (including phenoxy) is 1. The highest BCUT2D eigenvalue weighted by Crippen LogP contribution is 2.07. The van der Waals surface area contributed by atoms with Gasteiger partial charge in [-0.3, -0.25) is 9.78 Å². The van der Waals surface area contributed by atoms with Gasteiger partial charge in [0, 0.05) is 13.2 Å². The molecule has 1 heterocycles. The van der Waals surface area contributed by atoms with E-state index in [-0.39, 0.29) is 16.8 Å². The van der Waals surface area contributed by atoms with Crippen molar-refractivity contribution < 1.29 is 9.53 Å². The molecular weight excluding hydrogens is 242 g/mol. The fourth-order valence-corrected chi connectivity index (χ4v) is 1.42. The number of halogens is 1. The zero-order valence-corrected chi connectivity index (χ0v) is 10.9. The zero-order chi connectivity index (χ0) is 12.9. The summed E-state index contributed by atoms with van der Waals surface area (Å²) < 4.78 is 5.46. The van der Waals surface area contributed by atoms with E-state index in [1.165, 1.54) is 12.4 Å². The molecule has 6 heteroatoms. The number of aromatic nitrogens is 2. The second kappa shape index (κ2) is 5.93. The number of nitrogens with zero attached hydrogens (tertiary/aromatic N) is 2. The van der Waals surface area contributed by atoms with E-state index < -0.39 is 5.60 Å². The summed E-state index contributed by atoms with van der Waals surface area (Å²) in [5, 5.41) is 2.92. The summed E-state index contributed by atoms with van der Waals surface area (Å²) in [5.41, 5.74) is -0.207. The summed E-state index contributed by atoms with van der Waals surface area (Å²) in [7, 11) is 0. The Morgan fingerprint density at radius 2 is 2.24 bits per heavy atom. The Hall–Kier alpha value is -1.20. The lowest BCUT2D eigenvalue weighted by Gasteiger charge is -2.24. The number of hydrogen-bond donors (Lipinski definition) is 1. The van der Waals surface area contributed by atoms with Crippen molar-refractivity contribution in [3.63, 3.8) is 0 Å². The standard InChI is InChI=1S/C11H16ClN3O2/c1-4-17-11(2,3)7-14-10(16)8-5-13-6-9(12)15-8/h5-6H,4,7H2,1-3H3,(H,14,16). The normalized spacial score (nSPS) is 11.3. The van der Waals surface area contributed by atoms with Crippen molar-refractivity contribution in [2.45, 2.75) is 26.4 Å². The Bertz CT molecular complexity index is 396. The summed E-state index contributed by atoms with van der Waals surface area (Å²) in [4.78, 5) is 19.4. The van der Waals surface area contributed by atoms with Gasteiger partial charge >= 0.3 is 0 Å². The summed E-state index contributed by atoms with van der Waals surface area (Å²) >= 11 is 5.65. The lowest BCUT2D eigenvalue weighted by molar-refractivity contribution is -0.00818. The number of nitrogens with one attached hydrogen (secondary N) is 1. The Morgan fingerprint density at radius 1 is 1.53 bits per heavy atom. The van der Waals surface area contributed by atoms with E-state index in [9.17, 15) is 4.79 Å². The highest BCUT2D eigenvalue weighted by Gasteiger charge is 2.19. The zero-order valence-electron chi connectivity index (χ0n) is 10.2. The smallest absolute Gasteiger partial charge is 0.271 e. The molecule has 17 heavy (non-hydrogen) atoms. The molecule has 1 rings (SSSR count). The molecule has 0 saturated heterocycles. The first-order valence-electron chi connectivity index (χ1n) is 5.34. The van der Waals surface area contributed by atoms with Crippen LogP contribution >= 0.6 is 11.6 Å². The molecule has 0 aliphatic heterocycles. The van der Waals surface area contributed by atoms with Crippen LogP contribution in [0.2, 0.25) is 5.15 Å². The molecule has 0 fully saturated rings. The third kappa shape index (κ3) is 4.66. The average molecular weight is 258 g/mol. The lowest BCUT2D eigenvalue weighted by atomic mass is 10.1. The second-order valence-corrected chi connectivity index (χ2v) is 4.49. The molecule has 0 spiro atoms. The van der Waals surface area contributed by atoms with Gasteiger partial charge in [-0.1, -0.05) is 11.6 Å². The molecule has 0 saturated carbocycles. The Labute approximate surface area is 106 Å². The van der Waals surface area contributed by atoms with Crippen molar-refractivity contribution in [1.29, 1.82) is 0 Å². The molecule has 1 amide bonds. The number of rotatable bonds is 5. The highest BCUT2D eigenvalue weighted by atomic mass is 35.5. The van der Waals surface area contributed by atoms with Crippen LogP contribution in [-0.2, 0) is 4.74 Å². The Kier molecular flexibility index (Phi) is 4.84. The SMILES string of the molecule is CCOC(C)(C)CNC(=O)c1cncc(Cl)n1. The number of carbonyl (C=O) groups excluding carboxylic acids is 1. The lowest BCUT2D eigenvalue weighted by Crippen LogP contribution is -2.40. The molecule has 0 unspecified atom stereocenters. The monoisotopic (exact) mass is 257 g/mol. The van der Waals surface area contributed by atoms with E-state index in [1.807, 2.05) is 20.8 Å². The van der Waals surface area contributed by atoms with Crippen molar-refractivity contribution >= 4 is 17.5 Å². The maximum atomic E-state index is 11.7. The van der Waals surface area contributed by atoms with Crippen LogP contribution < -0.4 is 5.32 Å². The van der Waals surface area contributed by atoms with Gasteiger partial charge < -0.3 is 10.1 Å². The third-order valence-corrected chi connectivity index (χ3v) is 2.23. The van der Waals surface area contributed by atoms with Crippen LogP contribution in [0.15, 0.2) is 12.4 Å². The van der Waals surface area contributed by atoms with E-state index in [0.717, 1.165) is 0 Å². The summed E-state index contributed by atoms with van der Waals surface area (Å²) in [6.45, 7) is 6.71. The van der Waals surface area contributed by atoms with Crippen LogP contribution in [0.25, 0.3) is 0 Å². The van der Waals surface area contributed by atoms with Gasteiger partial charge in [-0.2, -0.15) is 0 Å². The van der Waals surface area contributed by atoms with Gasteiger partial charge in [0.2, 0.25) is 0 Å². The maximum Gasteiger partial charge on any atom is 0.271 e. The molecule has 0 radical (unpaired) electrons. The van der Waals surface area contributed by atoms with E-state index >= 15 is 0 Å². The van der Waals surface area contributed by atoms with Crippen LogP contribution in [0.1, 0.15) is 31.3 Å². The average Bonchev–Trinajstić information content (AvgIpc) is 2.26. The molecule has 1 N–H and O–H groups in total. The largest absolute Gasteiger partial charge is 0.374 e. The molecule has 5 nitrogen and oxygen atoms in total. The highest BCUT2D eigenvalue weighted by molar-refractivity contribution is 6.29. The van der Waals surface area contributed by atoms with E-state index in [4.69, 9.17) is 16.3 Å². The van der Waals surface area contributed by atoms with Crippen molar-refractivity contribution in [2.24, 2.45) is 0 Å². The van der Waals surface area contributed by atoms with Gasteiger partial charge in [-0.25, -0.2) is 4.98 Å². The van der Waals surface area contributed by atoms with Crippen molar-refractivity contribution in [2.75, 3.05) is 13.2 Å². The molecule has 1 aromatic heterocycles. The van der Waals surface area contributed by atoms with Crippen LogP contribution in [0.5, 0.6) is 0 Å². The molecule has 94 valence electrons. The van der Waals surface area contributed by atoms with Gasteiger partial charge in [-0.15, -0.1) is 0 Å². The number of carbonyl (C=O) groups is 1. The van der Waals surface area contributed by atoms with Crippen molar-refractivity contribution in [3.8, 4) is 0 Å². The van der Waals surface area contributed by atoms with Crippen LogP contribution in [0.4, 0.5) is 0 Å². The second-order valence-electron chi connectivity index (χ2n) is 4.10. The van der Waals surface area contributed by atoms with Crippen molar-refractivity contribution in [1.82, 2.24) is 15.3 Å². The van der Waals surface area contributed by atoms with E-state index in [0.29, 0.717) is 13.2 Å². The van der Waals surface area contributed by atoms with Crippen LogP contribution in [0, 0.1) is 0 Å². The molecule has 0 aliphatic rings. The predicted octanol–water partition coefficient (Wildman–Crippen LogP) is 1.67. The minimum atomic E-state index is -0.406. The Morgan fingerprint density at radius 3 is 2.82 bits per heavy atom. The van der Waals surface area contributed by atoms with Crippen molar-refractivity contribution in [3.05, 3.63) is 23.2 Å². The van der Waals surface area contributed by atoms with Gasteiger partial charge in [0.1, 0.15) is 10.8 Å². The third-order valence-electron chi connectivity index (χ3n) is 2.05. The topological polar surface area (TPSA) is 64.1 Å². The van der Waals surface area contributed by atoms with Gasteiger partial charge in [-0.05, 0) is 20.8 Å². The summed E-state index contributed by atoms with van der Waals surface area (Å²) in [5.74, 6) is -0.312. The van der Waals surface area contributed by atoms with Gasteiger partial charge in [0.25, 0.3) is 5.91 Å². The molecule has 0 bridgehead atoms. The quantitative estimate of drug-likeness (QED) is 0.872.